The summed E-state index contributed by atoms with van der Waals surface area (Å²) < 4.78 is 0. The zero-order valence-corrected chi connectivity index (χ0v) is 17.3. The minimum Gasteiger partial charge on any atom is -0.392 e. The third-order valence-corrected chi connectivity index (χ3v) is 7.12. The summed E-state index contributed by atoms with van der Waals surface area (Å²) in [6, 6.07) is 8.17. The molecule has 0 saturated heterocycles. The minimum absolute atomic E-state index is 0.0682. The van der Waals surface area contributed by atoms with Crippen molar-refractivity contribution in [2.75, 3.05) is 20.6 Å². The van der Waals surface area contributed by atoms with Crippen molar-refractivity contribution in [1.29, 1.82) is 0 Å². The largest absolute Gasteiger partial charge is 0.392 e. The zero-order chi connectivity index (χ0) is 20.2. The van der Waals surface area contributed by atoms with Gasteiger partial charge in [-0.05, 0) is 63.2 Å². The van der Waals surface area contributed by atoms with Gasteiger partial charge in [0.2, 0.25) is 0 Å². The maximum Gasteiger partial charge on any atom is 0.190 e. The molecular formula is C22H35N3O3. The Hall–Kier alpha value is -1.47. The van der Waals surface area contributed by atoms with Crippen molar-refractivity contribution in [1.82, 2.24) is 10.6 Å². The zero-order valence-electron chi connectivity index (χ0n) is 17.3. The third kappa shape index (κ3) is 4.10. The predicted molar refractivity (Wildman–Crippen MR) is 111 cm³/mol. The fourth-order valence-corrected chi connectivity index (χ4v) is 5.06. The van der Waals surface area contributed by atoms with Crippen molar-refractivity contribution in [2.24, 2.45) is 16.5 Å². The molecule has 2 aliphatic rings. The Balaban J connectivity index is 1.66. The number of aliphatic hydroxyl groups excluding tert-OH is 1. The Bertz CT molecular complexity index is 665. The second-order valence-corrected chi connectivity index (χ2v) is 8.63. The van der Waals surface area contributed by atoms with E-state index in [-0.39, 0.29) is 24.2 Å². The van der Waals surface area contributed by atoms with Gasteiger partial charge >= 0.3 is 0 Å². The highest BCUT2D eigenvalue weighted by molar-refractivity contribution is 5.62. The van der Waals surface area contributed by atoms with E-state index in [9.17, 15) is 10.2 Å². The number of aliphatic hydroxyl groups is 2. The topological polar surface area (TPSA) is 86.1 Å². The van der Waals surface area contributed by atoms with Crippen LogP contribution in [0.1, 0.15) is 56.1 Å². The summed E-state index contributed by atoms with van der Waals surface area (Å²) in [7, 11) is 3.73. The maximum atomic E-state index is 11.5. The van der Waals surface area contributed by atoms with Gasteiger partial charge in [-0.2, -0.15) is 0 Å². The Morgan fingerprint density at radius 3 is 2.64 bits per heavy atom. The number of hydrogen-bond acceptors (Lipinski definition) is 6. The molecule has 6 nitrogen and oxygen atoms in total. The quantitative estimate of drug-likeness (QED) is 0.312. The summed E-state index contributed by atoms with van der Waals surface area (Å²) in [5.41, 5.74) is 1.35. The number of nitrogens with one attached hydrogen (secondary N) is 2. The van der Waals surface area contributed by atoms with Crippen LogP contribution in [0.4, 0.5) is 0 Å². The summed E-state index contributed by atoms with van der Waals surface area (Å²) in [6.45, 7) is 2.96. The number of fused-ring (bicyclic) bond motifs is 1. The SMILES string of the molecule is CNCC(NC)ON=C[C@H]1CC[C@]2(O)C[C@@H](c3ccc(CO)cc3)CC[C@]12C. The molecule has 0 bridgehead atoms. The molecule has 6 heteroatoms. The van der Waals surface area contributed by atoms with Gasteiger partial charge in [0.1, 0.15) is 0 Å². The van der Waals surface area contributed by atoms with E-state index < -0.39 is 5.60 Å². The van der Waals surface area contributed by atoms with Gasteiger partial charge < -0.3 is 20.4 Å². The van der Waals surface area contributed by atoms with Crippen LogP contribution >= 0.6 is 0 Å². The maximum absolute atomic E-state index is 11.5. The molecule has 0 amide bonds. The lowest BCUT2D eigenvalue weighted by atomic mass is 9.59. The first-order chi connectivity index (χ1) is 13.5. The number of oxime groups is 1. The molecule has 5 atom stereocenters. The molecule has 1 unspecified atom stereocenters. The summed E-state index contributed by atoms with van der Waals surface area (Å²) in [5, 5.41) is 31.2. The summed E-state index contributed by atoms with van der Waals surface area (Å²) in [5.74, 6) is 0.587. The standard InChI is InChI=1S/C22H35N3O3/c1-21-10-8-18(17-6-4-16(15-26)5-7-17)12-22(21,27)11-9-19(21)13-25-28-20(24-3)14-23-2/h4-7,13,18-20,23-24,26-27H,8-12,14-15H2,1-3H3/t18-,19+,20?,21+,22-/m0/s1. The number of hydrogen-bond donors (Lipinski definition) is 4. The monoisotopic (exact) mass is 389 g/mol. The molecule has 2 aliphatic carbocycles. The molecule has 2 fully saturated rings. The summed E-state index contributed by atoms with van der Waals surface area (Å²) in [4.78, 5) is 5.56. The van der Waals surface area contributed by atoms with Crippen LogP contribution < -0.4 is 10.6 Å². The molecule has 0 heterocycles. The highest BCUT2D eigenvalue weighted by Crippen LogP contribution is 2.60. The molecule has 4 N–H and O–H groups in total. The van der Waals surface area contributed by atoms with Gasteiger partial charge in [0.15, 0.2) is 6.23 Å². The van der Waals surface area contributed by atoms with Gasteiger partial charge in [-0.3, -0.25) is 5.32 Å². The first-order valence-corrected chi connectivity index (χ1v) is 10.4. The van der Waals surface area contributed by atoms with Crippen molar-refractivity contribution in [3.63, 3.8) is 0 Å². The van der Waals surface area contributed by atoms with E-state index in [1.165, 1.54) is 5.56 Å². The normalized spacial score (nSPS) is 33.8. The van der Waals surface area contributed by atoms with Gasteiger partial charge in [-0.15, -0.1) is 0 Å². The molecule has 156 valence electrons. The smallest absolute Gasteiger partial charge is 0.190 e. The van der Waals surface area contributed by atoms with Crippen molar-refractivity contribution in [3.05, 3.63) is 35.4 Å². The van der Waals surface area contributed by atoms with Crippen LogP contribution in [0.3, 0.4) is 0 Å². The van der Waals surface area contributed by atoms with Crippen LogP contribution in [-0.4, -0.2) is 48.9 Å². The Kier molecular flexibility index (Phi) is 6.76. The molecule has 3 rings (SSSR count). The molecule has 0 radical (unpaired) electrons. The van der Waals surface area contributed by atoms with Gasteiger partial charge in [0, 0.05) is 24.1 Å². The van der Waals surface area contributed by atoms with Crippen molar-refractivity contribution in [3.8, 4) is 0 Å². The molecule has 0 spiro atoms. The highest BCUT2D eigenvalue weighted by atomic mass is 16.6. The van der Waals surface area contributed by atoms with Crippen LogP contribution in [0.2, 0.25) is 0 Å². The van der Waals surface area contributed by atoms with Crippen LogP contribution in [0.5, 0.6) is 0 Å². The van der Waals surface area contributed by atoms with E-state index in [4.69, 9.17) is 4.84 Å². The fourth-order valence-electron chi connectivity index (χ4n) is 5.06. The second-order valence-electron chi connectivity index (χ2n) is 8.63. The van der Waals surface area contributed by atoms with Gasteiger partial charge in [0.05, 0.1) is 12.2 Å². The Labute approximate surface area is 168 Å². The molecule has 28 heavy (non-hydrogen) atoms. The van der Waals surface area contributed by atoms with E-state index in [1.54, 1.807) is 0 Å². The average molecular weight is 390 g/mol. The Morgan fingerprint density at radius 1 is 1.25 bits per heavy atom. The predicted octanol–water partition coefficient (Wildman–Crippen LogP) is 2.36. The summed E-state index contributed by atoms with van der Waals surface area (Å²) >= 11 is 0. The van der Waals surface area contributed by atoms with E-state index in [0.29, 0.717) is 12.5 Å². The third-order valence-electron chi connectivity index (χ3n) is 7.12. The average Bonchev–Trinajstić information content (AvgIpc) is 2.97. The molecule has 1 aromatic carbocycles. The van der Waals surface area contributed by atoms with Crippen molar-refractivity contribution < 1.29 is 15.1 Å². The first kappa shape index (κ1) is 21.2. The lowest BCUT2D eigenvalue weighted by Gasteiger charge is -2.48. The van der Waals surface area contributed by atoms with E-state index in [0.717, 1.165) is 37.7 Å². The lowest BCUT2D eigenvalue weighted by molar-refractivity contribution is -0.0960. The summed E-state index contributed by atoms with van der Waals surface area (Å²) in [6.07, 6.45) is 6.30. The highest BCUT2D eigenvalue weighted by Gasteiger charge is 2.58. The van der Waals surface area contributed by atoms with Gasteiger partial charge in [0.25, 0.3) is 0 Å². The minimum atomic E-state index is -0.671. The van der Waals surface area contributed by atoms with Crippen LogP contribution in [0, 0.1) is 11.3 Å². The van der Waals surface area contributed by atoms with Crippen molar-refractivity contribution >= 4 is 6.21 Å². The lowest BCUT2D eigenvalue weighted by Crippen LogP contribution is -2.49. The molecule has 2 saturated carbocycles. The van der Waals surface area contributed by atoms with Crippen LogP contribution in [0.25, 0.3) is 0 Å². The molecule has 1 aromatic rings. The molecule has 0 aliphatic heterocycles. The Morgan fingerprint density at radius 2 is 2.00 bits per heavy atom. The number of benzene rings is 1. The van der Waals surface area contributed by atoms with Crippen molar-refractivity contribution in [2.45, 2.75) is 63.4 Å². The van der Waals surface area contributed by atoms with Gasteiger partial charge in [-0.25, -0.2) is 0 Å². The van der Waals surface area contributed by atoms with Crippen LogP contribution in [0.15, 0.2) is 29.4 Å². The van der Waals surface area contributed by atoms with E-state index >= 15 is 0 Å². The number of nitrogens with zero attached hydrogens (tertiary/aromatic N) is 1. The molecule has 0 aromatic heterocycles. The van der Waals surface area contributed by atoms with Crippen LogP contribution in [-0.2, 0) is 11.4 Å². The second kappa shape index (κ2) is 8.91. The number of likely N-dealkylation sites (N-methyl/N-ethyl adjacent to an activating group) is 2. The number of rotatable bonds is 8. The van der Waals surface area contributed by atoms with E-state index in [2.05, 4.69) is 34.8 Å². The fraction of sp³-hybridized carbons (Fsp3) is 0.682. The first-order valence-electron chi connectivity index (χ1n) is 10.4. The van der Waals surface area contributed by atoms with E-state index in [1.807, 2.05) is 32.4 Å². The molecular weight excluding hydrogens is 354 g/mol. The van der Waals surface area contributed by atoms with Gasteiger partial charge in [-0.1, -0.05) is 36.3 Å².